The van der Waals surface area contributed by atoms with Crippen molar-refractivity contribution in [1.29, 1.82) is 0 Å². The van der Waals surface area contributed by atoms with Crippen LogP contribution in [0, 0.1) is 11.8 Å². The van der Waals surface area contributed by atoms with Crippen LogP contribution in [0.1, 0.15) is 39.7 Å². The Bertz CT molecular complexity index is 566. The molecule has 23 heavy (non-hydrogen) atoms. The molecule has 1 amide bonds. The van der Waals surface area contributed by atoms with Crippen molar-refractivity contribution in [3.63, 3.8) is 0 Å². The molecule has 0 aliphatic rings. The molecule has 0 heterocycles. The van der Waals surface area contributed by atoms with Crippen molar-refractivity contribution in [2.45, 2.75) is 45.8 Å². The highest BCUT2D eigenvalue weighted by atomic mass is 16.6. The first-order valence-electron chi connectivity index (χ1n) is 7.69. The van der Waals surface area contributed by atoms with Gasteiger partial charge in [-0.3, -0.25) is 0 Å². The number of rotatable bonds is 5. The molecule has 0 radical (unpaired) electrons. The van der Waals surface area contributed by atoms with Gasteiger partial charge in [0.25, 0.3) is 0 Å². The highest BCUT2D eigenvalue weighted by Crippen LogP contribution is 2.16. The van der Waals surface area contributed by atoms with Crippen LogP contribution in [-0.4, -0.2) is 36.1 Å². The number of carbonyl (C=O) groups excluding carboxylic acids is 1. The number of benzene rings is 1. The normalized spacial score (nSPS) is 11.9. The predicted molar refractivity (Wildman–Crippen MR) is 89.3 cm³/mol. The molecular weight excluding hydrogens is 294 g/mol. The van der Waals surface area contributed by atoms with Gasteiger partial charge in [0, 0.05) is 0 Å². The van der Waals surface area contributed by atoms with E-state index in [-0.39, 0.29) is 19.3 Å². The van der Waals surface area contributed by atoms with Crippen molar-refractivity contribution < 1.29 is 19.4 Å². The van der Waals surface area contributed by atoms with Gasteiger partial charge in [-0.05, 0) is 39.3 Å². The van der Waals surface area contributed by atoms with Crippen molar-refractivity contribution >= 4 is 6.09 Å². The second-order valence-corrected chi connectivity index (χ2v) is 5.94. The minimum atomic E-state index is -0.541. The molecule has 5 heteroatoms. The zero-order valence-electron chi connectivity index (χ0n) is 14.2. The molecule has 1 aromatic rings. The Morgan fingerprint density at radius 2 is 2.04 bits per heavy atom. The molecule has 0 aliphatic heterocycles. The van der Waals surface area contributed by atoms with Gasteiger partial charge in [0.15, 0.2) is 0 Å². The lowest BCUT2D eigenvalue weighted by Crippen LogP contribution is -2.38. The van der Waals surface area contributed by atoms with Gasteiger partial charge in [-0.1, -0.05) is 30.9 Å². The van der Waals surface area contributed by atoms with Gasteiger partial charge in [0.05, 0.1) is 18.2 Å². The molecule has 1 aromatic carbocycles. The number of carbonyl (C=O) groups is 1. The van der Waals surface area contributed by atoms with E-state index in [2.05, 4.69) is 17.2 Å². The Morgan fingerprint density at radius 3 is 2.65 bits per heavy atom. The lowest BCUT2D eigenvalue weighted by molar-refractivity contribution is 0.0515. The molecule has 0 saturated carbocycles. The molecule has 0 bridgehead atoms. The van der Waals surface area contributed by atoms with Crippen molar-refractivity contribution in [3.05, 3.63) is 29.8 Å². The fraction of sp³-hybridized carbons (Fsp3) is 0.500. The molecule has 5 nitrogen and oxygen atoms in total. The topological polar surface area (TPSA) is 67.8 Å². The van der Waals surface area contributed by atoms with E-state index < -0.39 is 11.7 Å². The molecule has 1 atom stereocenters. The Hall–Kier alpha value is -2.19. The Labute approximate surface area is 138 Å². The minimum Gasteiger partial charge on any atom is -0.490 e. The summed E-state index contributed by atoms with van der Waals surface area (Å²) in [6.45, 7) is 7.53. The smallest absolute Gasteiger partial charge is 0.408 e. The predicted octanol–water partition coefficient (Wildman–Crippen LogP) is 2.71. The largest absolute Gasteiger partial charge is 0.490 e. The monoisotopic (exact) mass is 319 g/mol. The third-order valence-electron chi connectivity index (χ3n) is 2.72. The summed E-state index contributed by atoms with van der Waals surface area (Å²) >= 11 is 0. The number of amides is 1. The summed E-state index contributed by atoms with van der Waals surface area (Å²) in [7, 11) is 0. The van der Waals surface area contributed by atoms with Gasteiger partial charge < -0.3 is 19.9 Å². The first kappa shape index (κ1) is 18.9. The maximum atomic E-state index is 11.8. The second-order valence-electron chi connectivity index (χ2n) is 5.94. The van der Waals surface area contributed by atoms with E-state index in [4.69, 9.17) is 14.6 Å². The maximum absolute atomic E-state index is 11.8. The molecule has 1 rings (SSSR count). The van der Waals surface area contributed by atoms with Crippen molar-refractivity contribution in [2.75, 3.05) is 13.2 Å². The third-order valence-corrected chi connectivity index (χ3v) is 2.72. The summed E-state index contributed by atoms with van der Waals surface area (Å²) in [4.78, 5) is 11.8. The fourth-order valence-corrected chi connectivity index (χ4v) is 1.71. The number of alkyl carbamates (subject to hydrolysis) is 1. The molecule has 126 valence electrons. The average Bonchev–Trinajstić information content (AvgIpc) is 2.48. The van der Waals surface area contributed by atoms with E-state index in [9.17, 15) is 4.79 Å². The van der Waals surface area contributed by atoms with Crippen LogP contribution in [0.4, 0.5) is 4.79 Å². The quantitative estimate of drug-likeness (QED) is 0.819. The number of para-hydroxylation sites is 1. The maximum Gasteiger partial charge on any atom is 0.408 e. The Morgan fingerprint density at radius 1 is 1.35 bits per heavy atom. The summed E-state index contributed by atoms with van der Waals surface area (Å²) in [6.07, 6.45) is 0.176. The van der Waals surface area contributed by atoms with Gasteiger partial charge in [0.2, 0.25) is 0 Å². The number of nitrogens with one attached hydrogen (secondary N) is 1. The molecule has 0 saturated heterocycles. The fourth-order valence-electron chi connectivity index (χ4n) is 1.71. The van der Waals surface area contributed by atoms with Gasteiger partial charge >= 0.3 is 6.09 Å². The lowest BCUT2D eigenvalue weighted by Gasteiger charge is -2.21. The molecule has 0 fully saturated rings. The minimum absolute atomic E-state index is 0.0560. The average molecular weight is 319 g/mol. The number of hydrogen-bond donors (Lipinski definition) is 2. The van der Waals surface area contributed by atoms with Gasteiger partial charge in [-0.2, -0.15) is 0 Å². The van der Waals surface area contributed by atoms with Gasteiger partial charge in [-0.25, -0.2) is 4.79 Å². The van der Waals surface area contributed by atoms with Crippen LogP contribution in [-0.2, 0) is 4.74 Å². The molecule has 0 unspecified atom stereocenters. The number of aliphatic hydroxyl groups excluding tert-OH is 1. The van der Waals surface area contributed by atoms with Crippen LogP contribution in [0.3, 0.4) is 0 Å². The molecule has 0 spiro atoms. The Balaban J connectivity index is 2.77. The van der Waals surface area contributed by atoms with E-state index >= 15 is 0 Å². The summed E-state index contributed by atoms with van der Waals surface area (Å²) < 4.78 is 10.7. The van der Waals surface area contributed by atoms with Crippen molar-refractivity contribution in [3.8, 4) is 17.6 Å². The van der Waals surface area contributed by atoms with Crippen LogP contribution < -0.4 is 10.1 Å². The van der Waals surface area contributed by atoms with E-state index in [0.717, 1.165) is 0 Å². The third kappa shape index (κ3) is 7.57. The first-order chi connectivity index (χ1) is 10.9. The number of aliphatic hydroxyl groups is 1. The van der Waals surface area contributed by atoms with Crippen LogP contribution in [0.2, 0.25) is 0 Å². The molecule has 2 N–H and O–H groups in total. The van der Waals surface area contributed by atoms with Crippen LogP contribution >= 0.6 is 0 Å². The standard InChI is InChI=1S/C18H25NO4/c1-5-15(19-17(21)23-18(2,3)4)11-10-14-8-6-7-9-16(14)22-13-12-20/h6-9,15,20H,5,12-13H2,1-4H3,(H,19,21)/t15-/m1/s1. The second kappa shape index (κ2) is 9.06. The zero-order chi connectivity index (χ0) is 17.3. The summed E-state index contributed by atoms with van der Waals surface area (Å²) in [5.74, 6) is 6.64. The van der Waals surface area contributed by atoms with E-state index in [1.807, 2.05) is 45.9 Å². The van der Waals surface area contributed by atoms with E-state index in [1.54, 1.807) is 6.07 Å². The van der Waals surface area contributed by atoms with Gasteiger partial charge in [-0.15, -0.1) is 0 Å². The summed E-state index contributed by atoms with van der Waals surface area (Å²) in [6, 6.07) is 7.02. The molecular formula is C18H25NO4. The SMILES string of the molecule is CC[C@H](C#Cc1ccccc1OCCO)NC(=O)OC(C)(C)C. The summed E-state index contributed by atoms with van der Waals surface area (Å²) in [5.41, 5.74) is 0.172. The van der Waals surface area contributed by atoms with Gasteiger partial charge in [0.1, 0.15) is 18.0 Å². The van der Waals surface area contributed by atoms with Crippen LogP contribution in [0.15, 0.2) is 24.3 Å². The van der Waals surface area contributed by atoms with Crippen molar-refractivity contribution in [2.24, 2.45) is 0 Å². The zero-order valence-corrected chi connectivity index (χ0v) is 14.2. The van der Waals surface area contributed by atoms with Crippen LogP contribution in [0.25, 0.3) is 0 Å². The first-order valence-corrected chi connectivity index (χ1v) is 7.69. The molecule has 0 aliphatic carbocycles. The Kier molecular flexibility index (Phi) is 7.43. The summed E-state index contributed by atoms with van der Waals surface area (Å²) in [5, 5.41) is 11.6. The number of hydrogen-bond acceptors (Lipinski definition) is 4. The van der Waals surface area contributed by atoms with Crippen molar-refractivity contribution in [1.82, 2.24) is 5.32 Å². The van der Waals surface area contributed by atoms with Crippen LogP contribution in [0.5, 0.6) is 5.75 Å². The van der Waals surface area contributed by atoms with E-state index in [0.29, 0.717) is 17.7 Å². The lowest BCUT2D eigenvalue weighted by atomic mass is 10.1. The van der Waals surface area contributed by atoms with E-state index in [1.165, 1.54) is 0 Å². The highest BCUT2D eigenvalue weighted by Gasteiger charge is 2.17. The number of ether oxygens (including phenoxy) is 2. The highest BCUT2D eigenvalue weighted by molar-refractivity contribution is 5.68. The molecule has 0 aromatic heterocycles.